The predicted octanol–water partition coefficient (Wildman–Crippen LogP) is -1.18. The summed E-state index contributed by atoms with van der Waals surface area (Å²) in [6, 6.07) is 3.20. The molecule has 6 heterocycles. The Bertz CT molecular complexity index is 1860. The number of carboxylic acids is 1. The van der Waals surface area contributed by atoms with Gasteiger partial charge >= 0.3 is 11.8 Å². The minimum Gasteiger partial charge on any atom is -0.550 e. The van der Waals surface area contributed by atoms with Crippen LogP contribution in [0.1, 0.15) is 28.2 Å². The van der Waals surface area contributed by atoms with Gasteiger partial charge in [-0.2, -0.15) is 0 Å². The number of nitrogens with zero attached hydrogens (tertiary/aromatic N) is 9. The number of pyridine rings is 1. The van der Waals surface area contributed by atoms with Gasteiger partial charge in [-0.15, -0.1) is 0 Å². The van der Waals surface area contributed by atoms with Crippen LogP contribution in [-0.4, -0.2) is 95.1 Å². The minimum atomic E-state index is -1.31. The fraction of sp³-hybridized carbons (Fsp3) is 0.346. The lowest BCUT2D eigenvalue weighted by molar-refractivity contribution is -0.304. The first-order chi connectivity index (χ1) is 21.0. The van der Waals surface area contributed by atoms with Crippen molar-refractivity contribution >= 4 is 46.6 Å². The number of likely N-dealkylation sites (N-methyl/N-ethyl adjacent to an activating group) is 1. The molecule has 17 nitrogen and oxygen atoms in total. The molecular weight excluding hydrogens is 600 g/mol. The zero-order chi connectivity index (χ0) is 31.7. The van der Waals surface area contributed by atoms with E-state index in [2.05, 4.69) is 29.8 Å². The molecule has 4 aromatic rings. The highest BCUT2D eigenvalue weighted by Crippen LogP contribution is 2.35. The van der Waals surface area contributed by atoms with Crippen LogP contribution in [0.3, 0.4) is 0 Å². The standard InChI is InChI=1S/C17H17ClN6O3.C9H10N4O4/c1-22-6-8-23(9-7-22)17(26)27-16-14-13(19-4-5-20-14)15(25)24(16)12-3-2-11(18)10-21-12;1-12-7-6(8(16)13(2)9(12)17)10-4(11-7)3-5(14)15/h2-5,10,16H,6-9H2,1H3;3H2,1-2H3,(H,10,11)(H,14,15)/p-1. The number of imidazole rings is 1. The summed E-state index contributed by atoms with van der Waals surface area (Å²) < 4.78 is 7.77. The van der Waals surface area contributed by atoms with Gasteiger partial charge in [-0.1, -0.05) is 11.6 Å². The van der Waals surface area contributed by atoms with Crippen LogP contribution in [0.4, 0.5) is 10.6 Å². The van der Waals surface area contributed by atoms with Crippen LogP contribution in [0.5, 0.6) is 0 Å². The number of ether oxygens (including phenoxy) is 1. The molecule has 0 spiro atoms. The smallest absolute Gasteiger partial charge is 0.412 e. The van der Waals surface area contributed by atoms with Crippen molar-refractivity contribution in [1.82, 2.24) is 43.9 Å². The van der Waals surface area contributed by atoms with Crippen LogP contribution in [0, 0.1) is 0 Å². The molecule has 0 saturated carbocycles. The average Bonchev–Trinajstić information content (AvgIpc) is 3.54. The molecule has 0 radical (unpaired) electrons. The van der Waals surface area contributed by atoms with Crippen LogP contribution in [0.15, 0.2) is 40.3 Å². The number of hydrogen-bond donors (Lipinski definition) is 1. The van der Waals surface area contributed by atoms with E-state index in [9.17, 15) is 29.1 Å². The summed E-state index contributed by atoms with van der Waals surface area (Å²) in [5.41, 5.74) is -0.387. The number of carboxylic acid groups (broad SMARTS) is 1. The molecule has 0 aromatic carbocycles. The van der Waals surface area contributed by atoms with Crippen molar-refractivity contribution in [3.63, 3.8) is 0 Å². The largest absolute Gasteiger partial charge is 0.550 e. The summed E-state index contributed by atoms with van der Waals surface area (Å²) in [6.07, 6.45) is 2.34. The van der Waals surface area contributed by atoms with Crippen molar-refractivity contribution in [1.29, 1.82) is 0 Å². The monoisotopic (exact) mass is 625 g/mol. The topological polar surface area (TPSA) is 205 Å². The Kier molecular flexibility index (Phi) is 8.41. The molecule has 4 aromatic heterocycles. The maximum atomic E-state index is 12.8. The fourth-order valence-corrected chi connectivity index (χ4v) is 4.75. The first-order valence-corrected chi connectivity index (χ1v) is 13.6. The van der Waals surface area contributed by atoms with E-state index in [4.69, 9.17) is 16.3 Å². The van der Waals surface area contributed by atoms with E-state index < -0.39 is 41.9 Å². The van der Waals surface area contributed by atoms with Gasteiger partial charge in [-0.3, -0.25) is 23.7 Å². The molecule has 44 heavy (non-hydrogen) atoms. The Morgan fingerprint density at radius 2 is 1.73 bits per heavy atom. The maximum absolute atomic E-state index is 12.8. The lowest BCUT2D eigenvalue weighted by atomic mass is 10.3. The van der Waals surface area contributed by atoms with Gasteiger partial charge in [0, 0.05) is 71.3 Å². The zero-order valence-corrected chi connectivity index (χ0v) is 24.5. The first kappa shape index (κ1) is 30.3. The van der Waals surface area contributed by atoms with Crippen LogP contribution in [-0.2, 0) is 30.0 Å². The lowest BCUT2D eigenvalue weighted by Gasteiger charge is -2.33. The quantitative estimate of drug-likeness (QED) is 0.285. The number of halogens is 1. The number of H-pyrrole nitrogens is 1. The zero-order valence-electron chi connectivity index (χ0n) is 23.8. The van der Waals surface area contributed by atoms with Gasteiger partial charge < -0.3 is 29.4 Å². The third-order valence-corrected chi connectivity index (χ3v) is 7.23. The normalized spacial score (nSPS) is 16.5. The van der Waals surface area contributed by atoms with Crippen molar-refractivity contribution in [2.45, 2.75) is 12.6 Å². The van der Waals surface area contributed by atoms with E-state index in [0.717, 1.165) is 17.7 Å². The predicted molar refractivity (Wildman–Crippen MR) is 152 cm³/mol. The summed E-state index contributed by atoms with van der Waals surface area (Å²) >= 11 is 5.89. The third kappa shape index (κ3) is 5.86. The highest BCUT2D eigenvalue weighted by molar-refractivity contribution is 6.30. The molecule has 1 unspecified atom stereocenters. The Balaban J connectivity index is 0.000000195. The highest BCUT2D eigenvalue weighted by Gasteiger charge is 2.44. The van der Waals surface area contributed by atoms with E-state index in [1.807, 2.05) is 7.05 Å². The minimum absolute atomic E-state index is 0.0818. The van der Waals surface area contributed by atoms with Gasteiger partial charge in [-0.05, 0) is 19.2 Å². The Labute approximate surface area is 253 Å². The molecule has 2 aliphatic rings. The molecule has 2 amide bonds. The molecular formula is C26H26ClN10O7-. The van der Waals surface area contributed by atoms with E-state index >= 15 is 0 Å². The summed E-state index contributed by atoms with van der Waals surface area (Å²) in [5, 5.41) is 10.9. The number of piperazine rings is 1. The van der Waals surface area contributed by atoms with E-state index in [1.165, 1.54) is 42.2 Å². The van der Waals surface area contributed by atoms with Gasteiger partial charge in [0.1, 0.15) is 22.9 Å². The number of aromatic amines is 1. The van der Waals surface area contributed by atoms with Crippen molar-refractivity contribution in [2.24, 2.45) is 14.1 Å². The number of nitrogens with one attached hydrogen (secondary N) is 1. The number of anilines is 1. The second-order valence-electron chi connectivity index (χ2n) is 9.96. The van der Waals surface area contributed by atoms with E-state index in [-0.39, 0.29) is 22.7 Å². The summed E-state index contributed by atoms with van der Waals surface area (Å²) in [7, 11) is 4.79. The van der Waals surface area contributed by atoms with Crippen LogP contribution in [0.2, 0.25) is 5.02 Å². The molecule has 6 rings (SSSR count). The molecule has 0 aliphatic carbocycles. The molecule has 18 heteroatoms. The van der Waals surface area contributed by atoms with Crippen LogP contribution >= 0.6 is 11.6 Å². The number of amides is 2. The molecule has 230 valence electrons. The average molecular weight is 626 g/mol. The highest BCUT2D eigenvalue weighted by atomic mass is 35.5. The number of rotatable bonds is 4. The number of hydrogen-bond acceptors (Lipinski definition) is 12. The fourth-order valence-electron chi connectivity index (χ4n) is 4.63. The summed E-state index contributed by atoms with van der Waals surface area (Å²) in [4.78, 5) is 83.2. The maximum Gasteiger partial charge on any atom is 0.412 e. The molecule has 0 bridgehead atoms. The number of carbonyl (C=O) groups is 3. The number of carbonyl (C=O) groups excluding carboxylic acids is 3. The second kappa shape index (κ2) is 12.2. The van der Waals surface area contributed by atoms with Gasteiger partial charge in [0.05, 0.1) is 5.02 Å². The van der Waals surface area contributed by atoms with Crippen molar-refractivity contribution in [3.05, 3.63) is 73.8 Å². The Hall–Kier alpha value is -5.16. The second-order valence-corrected chi connectivity index (χ2v) is 10.4. The van der Waals surface area contributed by atoms with Crippen molar-refractivity contribution < 1.29 is 24.2 Å². The molecule has 1 fully saturated rings. The van der Waals surface area contributed by atoms with E-state index in [1.54, 1.807) is 17.0 Å². The van der Waals surface area contributed by atoms with Crippen molar-refractivity contribution in [2.75, 3.05) is 38.1 Å². The Morgan fingerprint density at radius 1 is 1.02 bits per heavy atom. The first-order valence-electron chi connectivity index (χ1n) is 13.2. The number of aliphatic carboxylic acids is 1. The summed E-state index contributed by atoms with van der Waals surface area (Å²) in [5.74, 6) is -1.35. The van der Waals surface area contributed by atoms with Crippen LogP contribution in [0.25, 0.3) is 11.2 Å². The molecule has 2 aliphatic heterocycles. The summed E-state index contributed by atoms with van der Waals surface area (Å²) in [6.45, 7) is 2.64. The van der Waals surface area contributed by atoms with Gasteiger partial charge in [0.2, 0.25) is 6.23 Å². The van der Waals surface area contributed by atoms with Crippen molar-refractivity contribution in [3.8, 4) is 0 Å². The number of aryl methyl sites for hydroxylation is 1. The number of fused-ring (bicyclic) bond motifs is 2. The SMILES string of the molecule is CN1CCN(C(=O)OC2c3nccnc3C(=O)N2c2ccc(Cl)cn2)CC1.Cn1c(=O)c2[nH]c(CC(=O)[O-])nc2n(C)c1=O. The van der Waals surface area contributed by atoms with Crippen LogP contribution < -0.4 is 21.3 Å². The third-order valence-electron chi connectivity index (χ3n) is 7.00. The Morgan fingerprint density at radius 3 is 2.39 bits per heavy atom. The number of aromatic nitrogens is 7. The lowest BCUT2D eigenvalue weighted by Crippen LogP contribution is -2.48. The van der Waals surface area contributed by atoms with Gasteiger partial charge in [0.15, 0.2) is 11.3 Å². The van der Waals surface area contributed by atoms with E-state index in [0.29, 0.717) is 29.6 Å². The van der Waals surface area contributed by atoms with Gasteiger partial charge in [0.25, 0.3) is 11.5 Å². The van der Waals surface area contributed by atoms with Gasteiger partial charge in [-0.25, -0.2) is 29.4 Å². The molecule has 1 atom stereocenters. The molecule has 1 saturated heterocycles. The molecule has 1 N–H and O–H groups in total.